The van der Waals surface area contributed by atoms with Crippen molar-refractivity contribution >= 4 is 27.6 Å². The Morgan fingerprint density at radius 2 is 1.67 bits per heavy atom. The Balaban J connectivity index is 1.34. The standard InChI is InChI=1S/C28H33NO5S2/c1-3-33-28(30)21-34-27-15-12-25(20-22(27)2)35-18-17-29-16-7-19-36(31,32)26-13-10-24(11-14-26)23-8-5-4-6-9-23/h4-6,8-15,20,29H,3,7,16-19,21H2,1-2H3. The van der Waals surface area contributed by atoms with E-state index in [-0.39, 0.29) is 18.3 Å². The summed E-state index contributed by atoms with van der Waals surface area (Å²) in [6.45, 7) is 5.36. The SMILES string of the molecule is CCOC(=O)COc1ccc(SCCNCCCS(=O)(=O)c2ccc(-c3ccccc3)cc2)cc1C. The van der Waals surface area contributed by atoms with E-state index in [4.69, 9.17) is 9.47 Å². The van der Waals surface area contributed by atoms with Crippen LogP contribution in [0.3, 0.4) is 0 Å². The molecule has 3 aromatic rings. The van der Waals surface area contributed by atoms with Gasteiger partial charge < -0.3 is 14.8 Å². The summed E-state index contributed by atoms with van der Waals surface area (Å²) in [6.07, 6.45) is 0.555. The number of hydrogen-bond donors (Lipinski definition) is 1. The van der Waals surface area contributed by atoms with Crippen LogP contribution in [0.5, 0.6) is 5.75 Å². The highest BCUT2D eigenvalue weighted by Crippen LogP contribution is 2.25. The molecule has 0 atom stereocenters. The van der Waals surface area contributed by atoms with Gasteiger partial charge in [-0.15, -0.1) is 11.8 Å². The summed E-state index contributed by atoms with van der Waals surface area (Å²) in [5.41, 5.74) is 3.03. The summed E-state index contributed by atoms with van der Waals surface area (Å²) in [7, 11) is -3.30. The molecule has 3 rings (SSSR count). The molecule has 1 N–H and O–H groups in total. The number of thioether (sulfide) groups is 1. The molecule has 0 heterocycles. The minimum Gasteiger partial charge on any atom is -0.482 e. The third-order valence-corrected chi connectivity index (χ3v) is 8.24. The van der Waals surface area contributed by atoms with E-state index in [1.165, 1.54) is 0 Å². The van der Waals surface area contributed by atoms with Gasteiger partial charge in [0.25, 0.3) is 0 Å². The van der Waals surface area contributed by atoms with Gasteiger partial charge in [-0.25, -0.2) is 13.2 Å². The first kappa shape index (κ1) is 27.8. The lowest BCUT2D eigenvalue weighted by Gasteiger charge is -2.10. The molecule has 0 saturated carbocycles. The molecule has 192 valence electrons. The number of rotatable bonds is 14. The third kappa shape index (κ3) is 8.69. The molecule has 0 radical (unpaired) electrons. The van der Waals surface area contributed by atoms with Crippen LogP contribution in [-0.4, -0.2) is 52.2 Å². The average Bonchev–Trinajstić information content (AvgIpc) is 2.88. The second-order valence-corrected chi connectivity index (χ2v) is 11.5. The van der Waals surface area contributed by atoms with E-state index in [9.17, 15) is 13.2 Å². The average molecular weight is 528 g/mol. The lowest BCUT2D eigenvalue weighted by molar-refractivity contribution is -0.145. The lowest BCUT2D eigenvalue weighted by Crippen LogP contribution is -2.21. The summed E-state index contributed by atoms with van der Waals surface area (Å²) >= 11 is 1.71. The maximum atomic E-state index is 12.7. The Labute approximate surface area is 218 Å². The first-order valence-corrected chi connectivity index (χ1v) is 14.6. The first-order valence-electron chi connectivity index (χ1n) is 12.0. The molecule has 3 aromatic carbocycles. The molecule has 0 bridgehead atoms. The number of esters is 1. The quantitative estimate of drug-likeness (QED) is 0.176. The van der Waals surface area contributed by atoms with Crippen molar-refractivity contribution in [2.75, 3.05) is 37.8 Å². The zero-order valence-electron chi connectivity index (χ0n) is 20.7. The second-order valence-electron chi connectivity index (χ2n) is 8.18. The second kappa shape index (κ2) is 14.1. The van der Waals surface area contributed by atoms with Crippen LogP contribution in [0.2, 0.25) is 0 Å². The van der Waals surface area contributed by atoms with Crippen LogP contribution in [0, 0.1) is 6.92 Å². The zero-order chi connectivity index (χ0) is 25.8. The van der Waals surface area contributed by atoms with Crippen LogP contribution < -0.4 is 10.1 Å². The molecule has 0 spiro atoms. The number of nitrogens with one attached hydrogen (secondary N) is 1. The van der Waals surface area contributed by atoms with Crippen molar-refractivity contribution in [3.05, 3.63) is 78.4 Å². The molecule has 0 saturated heterocycles. The Morgan fingerprint density at radius 1 is 0.944 bits per heavy atom. The largest absolute Gasteiger partial charge is 0.482 e. The highest BCUT2D eigenvalue weighted by molar-refractivity contribution is 7.99. The highest BCUT2D eigenvalue weighted by atomic mass is 32.2. The van der Waals surface area contributed by atoms with Gasteiger partial charge in [-0.2, -0.15) is 0 Å². The molecule has 0 amide bonds. The number of hydrogen-bond acceptors (Lipinski definition) is 7. The number of aryl methyl sites for hydroxylation is 1. The van der Waals surface area contributed by atoms with E-state index in [1.807, 2.05) is 67.6 Å². The van der Waals surface area contributed by atoms with Crippen molar-refractivity contribution in [1.82, 2.24) is 5.32 Å². The Hall–Kier alpha value is -2.81. The van der Waals surface area contributed by atoms with E-state index in [1.54, 1.807) is 30.8 Å². The summed E-state index contributed by atoms with van der Waals surface area (Å²) in [5, 5.41) is 3.32. The molecule has 36 heavy (non-hydrogen) atoms. The number of ether oxygens (including phenoxy) is 2. The van der Waals surface area contributed by atoms with Crippen LogP contribution in [0.1, 0.15) is 18.9 Å². The minimum absolute atomic E-state index is 0.0974. The molecule has 0 unspecified atom stereocenters. The van der Waals surface area contributed by atoms with Crippen molar-refractivity contribution < 1.29 is 22.7 Å². The lowest BCUT2D eigenvalue weighted by atomic mass is 10.1. The number of carbonyl (C=O) groups is 1. The summed E-state index contributed by atoms with van der Waals surface area (Å²) in [4.78, 5) is 12.9. The third-order valence-electron chi connectivity index (χ3n) is 5.43. The van der Waals surface area contributed by atoms with Crippen molar-refractivity contribution in [2.24, 2.45) is 0 Å². The van der Waals surface area contributed by atoms with Gasteiger partial charge in [0.1, 0.15) is 5.75 Å². The minimum atomic E-state index is -3.30. The highest BCUT2D eigenvalue weighted by Gasteiger charge is 2.14. The molecule has 0 aliphatic carbocycles. The molecule has 8 heteroatoms. The predicted molar refractivity (Wildman–Crippen MR) is 145 cm³/mol. The van der Waals surface area contributed by atoms with Gasteiger partial charge >= 0.3 is 5.97 Å². The van der Waals surface area contributed by atoms with Crippen molar-refractivity contribution in [2.45, 2.75) is 30.1 Å². The molecular formula is C28H33NO5S2. The maximum Gasteiger partial charge on any atom is 0.344 e. The van der Waals surface area contributed by atoms with Crippen molar-refractivity contribution in [3.63, 3.8) is 0 Å². The van der Waals surface area contributed by atoms with E-state index in [0.717, 1.165) is 33.9 Å². The Bertz CT molecular complexity index is 1210. The number of sulfone groups is 1. The number of benzene rings is 3. The van der Waals surface area contributed by atoms with Crippen LogP contribution in [0.15, 0.2) is 82.6 Å². The van der Waals surface area contributed by atoms with E-state index in [0.29, 0.717) is 30.2 Å². The summed E-state index contributed by atoms with van der Waals surface area (Å²) < 4.78 is 35.7. The topological polar surface area (TPSA) is 81.7 Å². The molecule has 6 nitrogen and oxygen atoms in total. The summed E-state index contributed by atoms with van der Waals surface area (Å²) in [5.74, 6) is 1.26. The molecule has 0 fully saturated rings. The van der Waals surface area contributed by atoms with Crippen LogP contribution in [-0.2, 0) is 19.4 Å². The van der Waals surface area contributed by atoms with E-state index >= 15 is 0 Å². The summed E-state index contributed by atoms with van der Waals surface area (Å²) in [6, 6.07) is 22.9. The van der Waals surface area contributed by atoms with Crippen LogP contribution in [0.4, 0.5) is 0 Å². The molecule has 0 aliphatic heterocycles. The van der Waals surface area contributed by atoms with Crippen LogP contribution >= 0.6 is 11.8 Å². The van der Waals surface area contributed by atoms with E-state index in [2.05, 4.69) is 5.32 Å². The Kier molecular flexibility index (Phi) is 10.8. The zero-order valence-corrected chi connectivity index (χ0v) is 22.4. The Morgan fingerprint density at radius 3 is 2.36 bits per heavy atom. The van der Waals surface area contributed by atoms with E-state index < -0.39 is 9.84 Å². The fraction of sp³-hybridized carbons (Fsp3) is 0.321. The van der Waals surface area contributed by atoms with Crippen molar-refractivity contribution in [1.29, 1.82) is 0 Å². The monoisotopic (exact) mass is 527 g/mol. The van der Waals surface area contributed by atoms with Gasteiger partial charge in [0.15, 0.2) is 16.4 Å². The fourth-order valence-corrected chi connectivity index (χ4v) is 5.79. The predicted octanol–water partition coefficient (Wildman–Crippen LogP) is 5.15. The van der Waals surface area contributed by atoms with Crippen LogP contribution in [0.25, 0.3) is 11.1 Å². The molecular weight excluding hydrogens is 494 g/mol. The molecule has 0 aliphatic rings. The van der Waals surface area contributed by atoms with Gasteiger partial charge in [-0.3, -0.25) is 0 Å². The normalized spacial score (nSPS) is 11.3. The number of carbonyl (C=O) groups excluding carboxylic acids is 1. The van der Waals surface area contributed by atoms with Gasteiger partial charge in [0.2, 0.25) is 0 Å². The fourth-order valence-electron chi connectivity index (χ4n) is 3.57. The maximum absolute atomic E-state index is 12.7. The van der Waals surface area contributed by atoms with Gasteiger partial charge in [-0.1, -0.05) is 42.5 Å². The van der Waals surface area contributed by atoms with Gasteiger partial charge in [-0.05, 0) is 73.8 Å². The first-order chi connectivity index (χ1) is 17.4. The smallest absolute Gasteiger partial charge is 0.344 e. The van der Waals surface area contributed by atoms with Crippen molar-refractivity contribution in [3.8, 4) is 16.9 Å². The van der Waals surface area contributed by atoms with Gasteiger partial charge in [0.05, 0.1) is 17.3 Å². The molecule has 0 aromatic heterocycles. The van der Waals surface area contributed by atoms with Gasteiger partial charge in [0, 0.05) is 17.2 Å².